The van der Waals surface area contributed by atoms with Crippen molar-refractivity contribution in [1.29, 1.82) is 0 Å². The number of rotatable bonds is 6. The van der Waals surface area contributed by atoms with Crippen molar-refractivity contribution in [2.24, 2.45) is 0 Å². The Morgan fingerprint density at radius 3 is 2.29 bits per heavy atom. The normalized spacial score (nSPS) is 18.5. The monoisotopic (exact) mass is 381 g/mol. The molecule has 2 N–H and O–H groups in total. The highest BCUT2D eigenvalue weighted by atomic mass is 16.5. The van der Waals surface area contributed by atoms with Crippen molar-refractivity contribution in [1.82, 2.24) is 4.90 Å². The van der Waals surface area contributed by atoms with E-state index in [9.17, 15) is 19.8 Å². The van der Waals surface area contributed by atoms with Crippen molar-refractivity contribution in [2.45, 2.75) is 19.9 Å². The highest BCUT2D eigenvalue weighted by molar-refractivity contribution is 6.46. The van der Waals surface area contributed by atoms with Gasteiger partial charge in [-0.2, -0.15) is 0 Å². The Morgan fingerprint density at radius 1 is 1.07 bits per heavy atom. The molecule has 2 aromatic carbocycles. The third-order valence-electron chi connectivity index (χ3n) is 4.71. The van der Waals surface area contributed by atoms with Crippen LogP contribution in [0.3, 0.4) is 0 Å². The molecule has 0 aromatic heterocycles. The lowest BCUT2D eigenvalue weighted by atomic mass is 9.95. The molecule has 1 aliphatic heterocycles. The van der Waals surface area contributed by atoms with Crippen molar-refractivity contribution in [3.8, 4) is 5.75 Å². The Balaban J connectivity index is 2.11. The van der Waals surface area contributed by atoms with Crippen LogP contribution in [0.2, 0.25) is 0 Å². The van der Waals surface area contributed by atoms with E-state index >= 15 is 0 Å². The van der Waals surface area contributed by atoms with Crippen molar-refractivity contribution in [3.05, 3.63) is 70.8 Å². The van der Waals surface area contributed by atoms with Gasteiger partial charge in [0.15, 0.2) is 0 Å². The summed E-state index contributed by atoms with van der Waals surface area (Å²) >= 11 is 0. The van der Waals surface area contributed by atoms with Gasteiger partial charge in [-0.1, -0.05) is 42.0 Å². The number of benzene rings is 2. The Labute approximate surface area is 163 Å². The van der Waals surface area contributed by atoms with E-state index in [1.807, 2.05) is 26.0 Å². The summed E-state index contributed by atoms with van der Waals surface area (Å²) in [5.74, 6) is -1.05. The number of amides is 1. The van der Waals surface area contributed by atoms with Crippen LogP contribution in [0.25, 0.3) is 5.76 Å². The van der Waals surface area contributed by atoms with Gasteiger partial charge in [0, 0.05) is 12.1 Å². The zero-order valence-electron chi connectivity index (χ0n) is 15.9. The SMILES string of the molecule is CCOc1ccc(C2/C(=C(/O)c3ccc(C)cc3)C(=O)C(=O)N2CCO)cc1. The third-order valence-corrected chi connectivity index (χ3v) is 4.71. The summed E-state index contributed by atoms with van der Waals surface area (Å²) in [6, 6.07) is 13.3. The molecule has 0 radical (unpaired) electrons. The number of carbonyl (C=O) groups excluding carboxylic acids is 2. The summed E-state index contributed by atoms with van der Waals surface area (Å²) in [5.41, 5.74) is 2.15. The van der Waals surface area contributed by atoms with Crippen LogP contribution in [0.1, 0.15) is 29.7 Å². The fraction of sp³-hybridized carbons (Fsp3) is 0.273. The van der Waals surface area contributed by atoms with Gasteiger partial charge < -0.3 is 19.8 Å². The average Bonchev–Trinajstić information content (AvgIpc) is 2.94. The van der Waals surface area contributed by atoms with Crippen LogP contribution in [0.5, 0.6) is 5.75 Å². The van der Waals surface area contributed by atoms with Gasteiger partial charge in [0.1, 0.15) is 11.5 Å². The molecule has 28 heavy (non-hydrogen) atoms. The summed E-state index contributed by atoms with van der Waals surface area (Å²) in [6.07, 6.45) is 0. The number of likely N-dealkylation sites (tertiary alicyclic amines) is 1. The summed E-state index contributed by atoms with van der Waals surface area (Å²) in [4.78, 5) is 26.5. The fourth-order valence-electron chi connectivity index (χ4n) is 3.34. The summed E-state index contributed by atoms with van der Waals surface area (Å²) in [6.45, 7) is 4.03. The highest BCUT2D eigenvalue weighted by Gasteiger charge is 2.45. The lowest BCUT2D eigenvalue weighted by Gasteiger charge is -2.24. The van der Waals surface area contributed by atoms with Crippen LogP contribution >= 0.6 is 0 Å². The number of β-amino-alcohol motifs (C(OH)–C–C–N with tert-alkyl or cyclic N) is 1. The van der Waals surface area contributed by atoms with Crippen molar-refractivity contribution >= 4 is 17.4 Å². The van der Waals surface area contributed by atoms with Crippen molar-refractivity contribution in [2.75, 3.05) is 19.8 Å². The van der Waals surface area contributed by atoms with E-state index in [2.05, 4.69) is 0 Å². The van der Waals surface area contributed by atoms with Crippen molar-refractivity contribution in [3.63, 3.8) is 0 Å². The second-order valence-electron chi connectivity index (χ2n) is 6.58. The van der Waals surface area contributed by atoms with E-state index in [0.717, 1.165) is 5.56 Å². The number of hydrogen-bond donors (Lipinski definition) is 2. The van der Waals surface area contributed by atoms with E-state index < -0.39 is 17.7 Å². The predicted molar refractivity (Wildman–Crippen MR) is 105 cm³/mol. The van der Waals surface area contributed by atoms with Gasteiger partial charge in [-0.05, 0) is 31.5 Å². The molecule has 0 spiro atoms. The molecule has 6 nitrogen and oxygen atoms in total. The fourth-order valence-corrected chi connectivity index (χ4v) is 3.34. The Kier molecular flexibility index (Phi) is 5.80. The number of aliphatic hydroxyl groups excluding tert-OH is 2. The van der Waals surface area contributed by atoms with Crippen LogP contribution in [-0.2, 0) is 9.59 Å². The van der Waals surface area contributed by atoms with E-state index in [1.165, 1.54) is 4.90 Å². The number of aryl methyl sites for hydroxylation is 1. The lowest BCUT2D eigenvalue weighted by molar-refractivity contribution is -0.140. The maximum atomic E-state index is 12.7. The summed E-state index contributed by atoms with van der Waals surface area (Å²) < 4.78 is 5.45. The number of aliphatic hydroxyl groups is 2. The molecule has 2 aromatic rings. The minimum absolute atomic E-state index is 0.00682. The Morgan fingerprint density at radius 2 is 1.71 bits per heavy atom. The molecule has 6 heteroatoms. The minimum atomic E-state index is -0.774. The second kappa shape index (κ2) is 8.27. The zero-order valence-corrected chi connectivity index (χ0v) is 15.9. The van der Waals surface area contributed by atoms with Gasteiger partial charge in [-0.15, -0.1) is 0 Å². The highest BCUT2D eigenvalue weighted by Crippen LogP contribution is 2.39. The first kappa shape index (κ1) is 19.6. The number of nitrogens with zero attached hydrogens (tertiary/aromatic N) is 1. The first-order chi connectivity index (χ1) is 13.5. The van der Waals surface area contributed by atoms with Crippen LogP contribution in [0.15, 0.2) is 54.1 Å². The lowest BCUT2D eigenvalue weighted by Crippen LogP contribution is -2.32. The Bertz CT molecular complexity index is 900. The molecular weight excluding hydrogens is 358 g/mol. The van der Waals surface area contributed by atoms with Crippen LogP contribution in [-0.4, -0.2) is 46.6 Å². The molecule has 1 amide bonds. The van der Waals surface area contributed by atoms with Crippen LogP contribution < -0.4 is 4.74 Å². The predicted octanol–water partition coefficient (Wildman–Crippen LogP) is 2.81. The topological polar surface area (TPSA) is 87.1 Å². The molecule has 0 saturated carbocycles. The number of ether oxygens (including phenoxy) is 1. The molecule has 1 heterocycles. The molecule has 0 aliphatic carbocycles. The molecule has 1 atom stereocenters. The van der Waals surface area contributed by atoms with Crippen molar-refractivity contribution < 1.29 is 24.5 Å². The second-order valence-corrected chi connectivity index (χ2v) is 6.58. The van der Waals surface area contributed by atoms with E-state index in [1.54, 1.807) is 36.4 Å². The van der Waals surface area contributed by atoms with Gasteiger partial charge in [0.2, 0.25) is 0 Å². The molecule has 3 rings (SSSR count). The third kappa shape index (κ3) is 3.64. The van der Waals surface area contributed by atoms with E-state index in [-0.39, 0.29) is 24.5 Å². The number of carbonyl (C=O) groups is 2. The molecular formula is C22H23NO5. The van der Waals surface area contributed by atoms with Gasteiger partial charge in [0.05, 0.1) is 24.8 Å². The molecule has 0 bridgehead atoms. The maximum Gasteiger partial charge on any atom is 0.295 e. The minimum Gasteiger partial charge on any atom is -0.507 e. The molecule has 1 aliphatic rings. The molecule has 1 unspecified atom stereocenters. The maximum absolute atomic E-state index is 12.7. The Hall–Kier alpha value is -3.12. The van der Waals surface area contributed by atoms with Gasteiger partial charge in [-0.3, -0.25) is 9.59 Å². The van der Waals surface area contributed by atoms with Crippen LogP contribution in [0.4, 0.5) is 0 Å². The molecule has 1 fully saturated rings. The largest absolute Gasteiger partial charge is 0.507 e. The zero-order chi connectivity index (χ0) is 20.3. The quantitative estimate of drug-likeness (QED) is 0.456. The summed E-state index contributed by atoms with van der Waals surface area (Å²) in [5, 5.41) is 20.2. The standard InChI is InChI=1S/C22H23NO5/c1-3-28-17-10-8-15(9-11-17)19-18(21(26)22(27)23(19)12-13-24)20(25)16-6-4-14(2)5-7-16/h4-11,19,24-25H,3,12-13H2,1-2H3/b20-18-. The smallest absolute Gasteiger partial charge is 0.295 e. The van der Waals surface area contributed by atoms with Crippen LogP contribution in [0, 0.1) is 6.92 Å². The number of Topliss-reactive ketones (excluding diaryl/α,β-unsaturated/α-hetero) is 1. The van der Waals surface area contributed by atoms with E-state index in [4.69, 9.17) is 4.74 Å². The first-order valence-corrected chi connectivity index (χ1v) is 9.17. The van der Waals surface area contributed by atoms with E-state index in [0.29, 0.717) is 23.5 Å². The molecule has 146 valence electrons. The summed E-state index contributed by atoms with van der Waals surface area (Å²) in [7, 11) is 0. The van der Waals surface area contributed by atoms with Gasteiger partial charge >= 0.3 is 0 Å². The number of hydrogen-bond acceptors (Lipinski definition) is 5. The van der Waals surface area contributed by atoms with Gasteiger partial charge in [-0.25, -0.2) is 0 Å². The first-order valence-electron chi connectivity index (χ1n) is 9.17. The average molecular weight is 381 g/mol. The molecule has 1 saturated heterocycles. The van der Waals surface area contributed by atoms with Gasteiger partial charge in [0.25, 0.3) is 11.7 Å². The number of ketones is 1.